The highest BCUT2D eigenvalue weighted by atomic mass is 32.2. The number of hydrogen-bond donors (Lipinski definition) is 0. The number of benzene rings is 1. The van der Waals surface area contributed by atoms with E-state index in [1.807, 2.05) is 43.5 Å². The van der Waals surface area contributed by atoms with Gasteiger partial charge >= 0.3 is 0 Å². The van der Waals surface area contributed by atoms with E-state index in [9.17, 15) is 4.79 Å². The van der Waals surface area contributed by atoms with Crippen molar-refractivity contribution in [2.24, 2.45) is 0 Å². The summed E-state index contributed by atoms with van der Waals surface area (Å²) in [6.45, 7) is 10.8. The molecular weight excluding hydrogens is 430 g/mol. The van der Waals surface area contributed by atoms with Gasteiger partial charge in [0, 0.05) is 23.5 Å². The minimum atomic E-state index is 0.0285. The number of carbonyl (C=O) groups is 1. The summed E-state index contributed by atoms with van der Waals surface area (Å²) < 4.78 is 7.40. The fraction of sp³-hybridized carbons (Fsp3) is 0.318. The summed E-state index contributed by atoms with van der Waals surface area (Å²) in [6.07, 6.45) is 1.79. The van der Waals surface area contributed by atoms with Gasteiger partial charge in [-0.25, -0.2) is 9.97 Å². The molecule has 1 aromatic carbocycles. The number of aromatic nitrogens is 5. The first kappa shape index (κ1) is 23.0. The second-order valence-corrected chi connectivity index (χ2v) is 8.57. The van der Waals surface area contributed by atoms with E-state index >= 15 is 0 Å². The Morgan fingerprint density at radius 3 is 2.48 bits per heavy atom. The van der Waals surface area contributed by atoms with Gasteiger partial charge in [-0.05, 0) is 51.1 Å². The average molecular weight is 456 g/mol. The molecule has 0 spiro atoms. The summed E-state index contributed by atoms with van der Waals surface area (Å²) in [5, 5.41) is 10.0. The topological polar surface area (TPSA) is 82.8 Å². The van der Waals surface area contributed by atoms with Crippen molar-refractivity contribution in [2.75, 3.05) is 12.4 Å². The van der Waals surface area contributed by atoms with Crippen molar-refractivity contribution < 1.29 is 9.53 Å². The molecule has 0 amide bonds. The van der Waals surface area contributed by atoms with Crippen LogP contribution in [0.2, 0.25) is 0 Å². The first-order valence-electron chi connectivity index (χ1n) is 9.87. The molecule has 0 aliphatic carbocycles. The van der Waals surface area contributed by atoms with E-state index < -0.39 is 0 Å². The van der Waals surface area contributed by atoms with Crippen LogP contribution in [-0.4, -0.2) is 42.9 Å². The lowest BCUT2D eigenvalue weighted by Crippen LogP contribution is -2.06. The standard InChI is InChI=1S/C22H25N5O2S2/c1-5-11-27-20(14-30-21-23-15(3)12-16(4)24-21)25-26-22(27)31-13-19(28)17-7-9-18(10-8-17)29-6-2/h5,7-10,12H,1,6,11,13-14H2,2-4H3. The zero-order chi connectivity index (χ0) is 22.2. The molecule has 0 fully saturated rings. The summed E-state index contributed by atoms with van der Waals surface area (Å²) in [4.78, 5) is 21.5. The van der Waals surface area contributed by atoms with Crippen LogP contribution in [0, 0.1) is 13.8 Å². The molecule has 0 radical (unpaired) electrons. The van der Waals surface area contributed by atoms with E-state index in [1.54, 1.807) is 18.2 Å². The van der Waals surface area contributed by atoms with Crippen molar-refractivity contribution in [3.05, 3.63) is 65.8 Å². The fourth-order valence-corrected chi connectivity index (χ4v) is 4.60. The molecule has 0 N–H and O–H groups in total. The normalized spacial score (nSPS) is 10.8. The molecule has 0 saturated carbocycles. The van der Waals surface area contributed by atoms with E-state index in [2.05, 4.69) is 26.7 Å². The van der Waals surface area contributed by atoms with Crippen LogP contribution in [0.15, 0.2) is 53.3 Å². The number of aryl methyl sites for hydroxylation is 2. The average Bonchev–Trinajstić information content (AvgIpc) is 3.12. The summed E-state index contributed by atoms with van der Waals surface area (Å²) in [5.41, 5.74) is 2.52. The van der Waals surface area contributed by atoms with Crippen LogP contribution in [-0.2, 0) is 12.3 Å². The smallest absolute Gasteiger partial charge is 0.191 e. The van der Waals surface area contributed by atoms with Crippen LogP contribution in [0.3, 0.4) is 0 Å². The Balaban J connectivity index is 1.65. The Morgan fingerprint density at radius 2 is 1.84 bits per heavy atom. The highest BCUT2D eigenvalue weighted by molar-refractivity contribution is 7.99. The van der Waals surface area contributed by atoms with Gasteiger partial charge in [0.15, 0.2) is 16.1 Å². The van der Waals surface area contributed by atoms with Gasteiger partial charge in [-0.15, -0.1) is 16.8 Å². The van der Waals surface area contributed by atoms with Crippen LogP contribution < -0.4 is 4.74 Å². The van der Waals surface area contributed by atoms with E-state index in [0.717, 1.165) is 23.0 Å². The number of ether oxygens (including phenoxy) is 1. The molecule has 0 bridgehead atoms. The minimum absolute atomic E-state index is 0.0285. The van der Waals surface area contributed by atoms with Crippen molar-refractivity contribution in [1.29, 1.82) is 0 Å². The van der Waals surface area contributed by atoms with Gasteiger partial charge in [-0.1, -0.05) is 29.6 Å². The van der Waals surface area contributed by atoms with Crippen LogP contribution in [0.5, 0.6) is 5.75 Å². The van der Waals surface area contributed by atoms with E-state index in [1.165, 1.54) is 23.5 Å². The molecule has 3 aromatic rings. The maximum atomic E-state index is 12.6. The van der Waals surface area contributed by atoms with Crippen LogP contribution in [0.1, 0.15) is 34.5 Å². The monoisotopic (exact) mass is 455 g/mol. The quantitative estimate of drug-likeness (QED) is 0.180. The number of allylic oxidation sites excluding steroid dienone is 1. The molecular formula is C22H25N5O2S2. The predicted octanol–water partition coefficient (Wildman–Crippen LogP) is 4.54. The van der Waals surface area contributed by atoms with Crippen molar-refractivity contribution in [3.8, 4) is 5.75 Å². The Hall–Kier alpha value is -2.65. The lowest BCUT2D eigenvalue weighted by atomic mass is 10.1. The first-order chi connectivity index (χ1) is 15.0. The van der Waals surface area contributed by atoms with Gasteiger partial charge in [0.1, 0.15) is 11.6 Å². The second-order valence-electron chi connectivity index (χ2n) is 6.69. The Bertz CT molecular complexity index is 1030. The third-order valence-electron chi connectivity index (χ3n) is 4.22. The molecule has 2 aromatic heterocycles. The molecule has 0 saturated heterocycles. The van der Waals surface area contributed by atoms with Crippen LogP contribution in [0.25, 0.3) is 0 Å². The van der Waals surface area contributed by atoms with Crippen molar-refractivity contribution >= 4 is 29.3 Å². The highest BCUT2D eigenvalue weighted by Gasteiger charge is 2.15. The van der Waals surface area contributed by atoms with Gasteiger partial charge in [0.25, 0.3) is 0 Å². The summed E-state index contributed by atoms with van der Waals surface area (Å²) in [6, 6.07) is 9.14. The summed E-state index contributed by atoms with van der Waals surface area (Å²) >= 11 is 2.89. The Labute approximate surface area is 190 Å². The maximum absolute atomic E-state index is 12.6. The summed E-state index contributed by atoms with van der Waals surface area (Å²) in [5.74, 6) is 2.44. The molecule has 31 heavy (non-hydrogen) atoms. The fourth-order valence-electron chi connectivity index (χ4n) is 2.85. The van der Waals surface area contributed by atoms with Crippen LogP contribution in [0.4, 0.5) is 0 Å². The largest absolute Gasteiger partial charge is 0.494 e. The Kier molecular flexibility index (Phi) is 8.25. The third kappa shape index (κ3) is 6.41. The van der Waals surface area contributed by atoms with Crippen molar-refractivity contribution in [3.63, 3.8) is 0 Å². The zero-order valence-corrected chi connectivity index (χ0v) is 19.5. The molecule has 0 aliphatic heterocycles. The molecule has 2 heterocycles. The molecule has 7 nitrogen and oxygen atoms in total. The molecule has 0 aliphatic rings. The highest BCUT2D eigenvalue weighted by Crippen LogP contribution is 2.24. The van der Waals surface area contributed by atoms with E-state index in [4.69, 9.17) is 4.74 Å². The van der Waals surface area contributed by atoms with Gasteiger partial charge in [0.2, 0.25) is 0 Å². The number of carbonyl (C=O) groups excluding carboxylic acids is 1. The number of ketones is 1. The molecule has 0 atom stereocenters. The molecule has 9 heteroatoms. The minimum Gasteiger partial charge on any atom is -0.494 e. The zero-order valence-electron chi connectivity index (χ0n) is 17.9. The molecule has 162 valence electrons. The van der Waals surface area contributed by atoms with Crippen LogP contribution >= 0.6 is 23.5 Å². The summed E-state index contributed by atoms with van der Waals surface area (Å²) in [7, 11) is 0. The number of thioether (sulfide) groups is 2. The van der Waals surface area contributed by atoms with Gasteiger partial charge < -0.3 is 9.30 Å². The van der Waals surface area contributed by atoms with Gasteiger partial charge in [0.05, 0.1) is 18.1 Å². The number of nitrogens with zero attached hydrogens (tertiary/aromatic N) is 5. The predicted molar refractivity (Wildman–Crippen MR) is 124 cm³/mol. The molecule has 3 rings (SSSR count). The lowest BCUT2D eigenvalue weighted by Gasteiger charge is -2.08. The van der Waals surface area contributed by atoms with Gasteiger partial charge in [-0.2, -0.15) is 0 Å². The van der Waals surface area contributed by atoms with E-state index in [-0.39, 0.29) is 11.5 Å². The SMILES string of the molecule is C=CCn1c(CSc2nc(C)cc(C)n2)nnc1SCC(=O)c1ccc(OCC)cc1. The van der Waals surface area contributed by atoms with Gasteiger partial charge in [-0.3, -0.25) is 4.79 Å². The number of Topliss-reactive ketones (excluding diaryl/α,β-unsaturated/α-hetero) is 1. The van der Waals surface area contributed by atoms with Crippen molar-refractivity contribution in [1.82, 2.24) is 24.7 Å². The lowest BCUT2D eigenvalue weighted by molar-refractivity contribution is 0.102. The first-order valence-corrected chi connectivity index (χ1v) is 11.8. The van der Waals surface area contributed by atoms with Crippen molar-refractivity contribution in [2.45, 2.75) is 43.4 Å². The number of hydrogen-bond acceptors (Lipinski definition) is 8. The molecule has 0 unspecified atom stereocenters. The second kappa shape index (κ2) is 11.1. The maximum Gasteiger partial charge on any atom is 0.191 e. The number of rotatable bonds is 11. The van der Waals surface area contributed by atoms with E-state index in [0.29, 0.717) is 34.8 Å². The Morgan fingerprint density at radius 1 is 1.13 bits per heavy atom. The third-order valence-corrected chi connectivity index (χ3v) is 6.03.